The molecule has 1 aromatic rings. The standard InChI is InChI=1S/C19H25FN2O3/c1-13-16(8-5-9-17(13)20)18(23)22(14-6-3-2-4-7-14)15-10-11-21(12-15)19(24)25/h5,8-9,14-15H,2-4,6-7,10-12H2,1H3,(H,24,25)/t15-/m0/s1. The Balaban J connectivity index is 1.89. The third-order valence-electron chi connectivity index (χ3n) is 5.53. The van der Waals surface area contributed by atoms with Crippen LogP contribution in [0.1, 0.15) is 54.4 Å². The summed E-state index contributed by atoms with van der Waals surface area (Å²) in [6.45, 7) is 2.41. The molecule has 1 N–H and O–H groups in total. The van der Waals surface area contributed by atoms with E-state index in [9.17, 15) is 19.1 Å². The molecule has 5 nitrogen and oxygen atoms in total. The van der Waals surface area contributed by atoms with Crippen molar-refractivity contribution < 1.29 is 19.1 Å². The highest BCUT2D eigenvalue weighted by molar-refractivity contribution is 5.96. The maximum Gasteiger partial charge on any atom is 0.407 e. The molecule has 0 unspecified atom stereocenters. The van der Waals surface area contributed by atoms with Gasteiger partial charge in [0.25, 0.3) is 5.91 Å². The molecule has 0 bridgehead atoms. The average Bonchev–Trinajstić information content (AvgIpc) is 3.08. The van der Waals surface area contributed by atoms with Gasteiger partial charge in [0, 0.05) is 24.7 Å². The normalized spacial score (nSPS) is 21.4. The Bertz CT molecular complexity index is 658. The molecule has 1 aliphatic carbocycles. The zero-order chi connectivity index (χ0) is 18.0. The van der Waals surface area contributed by atoms with Crippen molar-refractivity contribution in [1.82, 2.24) is 9.80 Å². The molecule has 1 saturated carbocycles. The molecule has 0 spiro atoms. The Kier molecular flexibility index (Phi) is 5.25. The van der Waals surface area contributed by atoms with E-state index in [2.05, 4.69) is 0 Å². The Morgan fingerprint density at radius 2 is 1.88 bits per heavy atom. The quantitative estimate of drug-likeness (QED) is 0.907. The molecule has 0 radical (unpaired) electrons. The van der Waals surface area contributed by atoms with Crippen molar-refractivity contribution in [3.05, 3.63) is 35.1 Å². The van der Waals surface area contributed by atoms with Gasteiger partial charge >= 0.3 is 6.09 Å². The van der Waals surface area contributed by atoms with Gasteiger partial charge in [-0.25, -0.2) is 9.18 Å². The van der Waals surface area contributed by atoms with Crippen LogP contribution in [-0.4, -0.2) is 52.1 Å². The molecule has 0 aromatic heterocycles. The Labute approximate surface area is 147 Å². The fraction of sp³-hybridized carbons (Fsp3) is 0.579. The van der Waals surface area contributed by atoms with Gasteiger partial charge in [0.15, 0.2) is 0 Å². The van der Waals surface area contributed by atoms with Gasteiger partial charge in [-0.1, -0.05) is 25.3 Å². The summed E-state index contributed by atoms with van der Waals surface area (Å²) in [7, 11) is 0. The number of hydrogen-bond donors (Lipinski definition) is 1. The fourth-order valence-corrected chi connectivity index (χ4v) is 4.11. The molecule has 2 fully saturated rings. The summed E-state index contributed by atoms with van der Waals surface area (Å²) < 4.78 is 13.9. The summed E-state index contributed by atoms with van der Waals surface area (Å²) in [5.74, 6) is -0.547. The van der Waals surface area contributed by atoms with Crippen LogP contribution in [0.5, 0.6) is 0 Å². The van der Waals surface area contributed by atoms with Crippen LogP contribution < -0.4 is 0 Å². The van der Waals surface area contributed by atoms with E-state index >= 15 is 0 Å². The lowest BCUT2D eigenvalue weighted by molar-refractivity contribution is 0.0516. The minimum atomic E-state index is -0.944. The van der Waals surface area contributed by atoms with Crippen LogP contribution in [0.3, 0.4) is 0 Å². The largest absolute Gasteiger partial charge is 0.465 e. The second kappa shape index (κ2) is 7.42. The van der Waals surface area contributed by atoms with Gasteiger partial charge < -0.3 is 14.9 Å². The highest BCUT2D eigenvalue weighted by Crippen LogP contribution is 2.30. The first kappa shape index (κ1) is 17.7. The molecule has 1 atom stereocenters. The first-order valence-corrected chi connectivity index (χ1v) is 9.04. The van der Waals surface area contributed by atoms with Crippen molar-refractivity contribution in [2.24, 2.45) is 0 Å². The smallest absolute Gasteiger partial charge is 0.407 e. The molecule has 1 saturated heterocycles. The minimum absolute atomic E-state index is 0.114. The minimum Gasteiger partial charge on any atom is -0.465 e. The van der Waals surface area contributed by atoms with E-state index in [1.165, 1.54) is 17.4 Å². The summed E-state index contributed by atoms with van der Waals surface area (Å²) in [5, 5.41) is 9.23. The molecule has 3 rings (SSSR count). The molecule has 1 aliphatic heterocycles. The molecule has 1 heterocycles. The first-order chi connectivity index (χ1) is 12.0. The lowest BCUT2D eigenvalue weighted by Gasteiger charge is -2.39. The van der Waals surface area contributed by atoms with E-state index in [4.69, 9.17) is 0 Å². The van der Waals surface area contributed by atoms with E-state index in [0.717, 1.165) is 25.7 Å². The van der Waals surface area contributed by atoms with Crippen LogP contribution in [-0.2, 0) is 0 Å². The predicted molar refractivity (Wildman–Crippen MR) is 92.2 cm³/mol. The number of halogens is 1. The van der Waals surface area contributed by atoms with E-state index in [1.807, 2.05) is 4.90 Å². The third-order valence-corrected chi connectivity index (χ3v) is 5.53. The van der Waals surface area contributed by atoms with Gasteiger partial charge in [-0.05, 0) is 43.9 Å². The van der Waals surface area contributed by atoms with Crippen molar-refractivity contribution in [3.63, 3.8) is 0 Å². The maximum absolute atomic E-state index is 13.9. The van der Waals surface area contributed by atoms with E-state index in [-0.39, 0.29) is 23.8 Å². The van der Waals surface area contributed by atoms with Gasteiger partial charge in [-0.2, -0.15) is 0 Å². The molecule has 25 heavy (non-hydrogen) atoms. The SMILES string of the molecule is Cc1c(F)cccc1C(=O)N(C1CCCCC1)[C@H]1CCN(C(=O)O)C1. The monoisotopic (exact) mass is 348 g/mol. The van der Waals surface area contributed by atoms with E-state index in [0.29, 0.717) is 30.6 Å². The third kappa shape index (κ3) is 3.62. The van der Waals surface area contributed by atoms with Gasteiger partial charge in [-0.3, -0.25) is 4.79 Å². The van der Waals surface area contributed by atoms with Crippen LogP contribution in [0.15, 0.2) is 18.2 Å². The van der Waals surface area contributed by atoms with Crippen LogP contribution in [0, 0.1) is 12.7 Å². The van der Waals surface area contributed by atoms with E-state index in [1.54, 1.807) is 19.1 Å². The number of carbonyl (C=O) groups excluding carboxylic acids is 1. The summed E-state index contributed by atoms with van der Waals surface area (Å²) in [5.41, 5.74) is 0.751. The number of amides is 2. The number of hydrogen-bond acceptors (Lipinski definition) is 2. The molecule has 6 heteroatoms. The zero-order valence-electron chi connectivity index (χ0n) is 14.6. The lowest BCUT2D eigenvalue weighted by atomic mass is 9.92. The number of benzene rings is 1. The van der Waals surface area contributed by atoms with E-state index < -0.39 is 6.09 Å². The number of likely N-dealkylation sites (tertiary alicyclic amines) is 1. The first-order valence-electron chi connectivity index (χ1n) is 9.04. The maximum atomic E-state index is 13.9. The second-order valence-corrected chi connectivity index (χ2v) is 7.09. The molecular weight excluding hydrogens is 323 g/mol. The molecule has 1 aromatic carbocycles. The van der Waals surface area contributed by atoms with Crippen LogP contribution in [0.25, 0.3) is 0 Å². The number of carbonyl (C=O) groups is 2. The average molecular weight is 348 g/mol. The highest BCUT2D eigenvalue weighted by atomic mass is 19.1. The summed E-state index contributed by atoms with van der Waals surface area (Å²) >= 11 is 0. The van der Waals surface area contributed by atoms with Crippen molar-refractivity contribution in [2.75, 3.05) is 13.1 Å². The number of nitrogens with zero attached hydrogens (tertiary/aromatic N) is 2. The number of carboxylic acid groups (broad SMARTS) is 1. The summed E-state index contributed by atoms with van der Waals surface area (Å²) in [6, 6.07) is 4.57. The molecule has 2 amide bonds. The molecular formula is C19H25FN2O3. The van der Waals surface area contributed by atoms with Crippen molar-refractivity contribution in [1.29, 1.82) is 0 Å². The lowest BCUT2D eigenvalue weighted by Crippen LogP contribution is -2.49. The number of rotatable bonds is 3. The fourth-order valence-electron chi connectivity index (χ4n) is 4.11. The zero-order valence-corrected chi connectivity index (χ0v) is 14.6. The predicted octanol–water partition coefficient (Wildman–Crippen LogP) is 3.66. The van der Waals surface area contributed by atoms with Gasteiger partial charge in [0.1, 0.15) is 5.82 Å². The van der Waals surface area contributed by atoms with Gasteiger partial charge in [0.2, 0.25) is 0 Å². The van der Waals surface area contributed by atoms with Crippen LogP contribution >= 0.6 is 0 Å². The topological polar surface area (TPSA) is 60.9 Å². The highest BCUT2D eigenvalue weighted by Gasteiger charge is 2.38. The molecule has 2 aliphatic rings. The summed E-state index contributed by atoms with van der Waals surface area (Å²) in [6.07, 6.45) is 4.89. The Morgan fingerprint density at radius 1 is 1.16 bits per heavy atom. The summed E-state index contributed by atoms with van der Waals surface area (Å²) in [4.78, 5) is 27.8. The van der Waals surface area contributed by atoms with Gasteiger partial charge in [0.05, 0.1) is 6.04 Å². The van der Waals surface area contributed by atoms with Crippen molar-refractivity contribution in [2.45, 2.75) is 57.5 Å². The second-order valence-electron chi connectivity index (χ2n) is 7.09. The van der Waals surface area contributed by atoms with Crippen molar-refractivity contribution in [3.8, 4) is 0 Å². The van der Waals surface area contributed by atoms with Crippen LogP contribution in [0.4, 0.5) is 9.18 Å². The Hall–Kier alpha value is -2.11. The van der Waals surface area contributed by atoms with Crippen LogP contribution in [0.2, 0.25) is 0 Å². The molecule has 136 valence electrons. The Morgan fingerprint density at radius 3 is 2.52 bits per heavy atom. The van der Waals surface area contributed by atoms with Gasteiger partial charge in [-0.15, -0.1) is 0 Å². The van der Waals surface area contributed by atoms with Crippen molar-refractivity contribution >= 4 is 12.0 Å².